The van der Waals surface area contributed by atoms with Crippen LogP contribution in [0.4, 0.5) is 9.52 Å². The third-order valence-electron chi connectivity index (χ3n) is 5.04. The second-order valence-electron chi connectivity index (χ2n) is 6.95. The normalized spacial score (nSPS) is 21.0. The second kappa shape index (κ2) is 6.73. The molecule has 0 aliphatic carbocycles. The molecule has 1 aliphatic heterocycles. The van der Waals surface area contributed by atoms with Crippen molar-refractivity contribution in [3.05, 3.63) is 59.9 Å². The van der Waals surface area contributed by atoms with Gasteiger partial charge in [0.2, 0.25) is 0 Å². The van der Waals surface area contributed by atoms with Crippen molar-refractivity contribution in [3.63, 3.8) is 0 Å². The van der Waals surface area contributed by atoms with Gasteiger partial charge in [0.15, 0.2) is 5.13 Å². The molecule has 0 unspecified atom stereocenters. The molecule has 0 spiro atoms. The molecular formula is C20H21FN2OS. The molecule has 0 saturated carbocycles. The first kappa shape index (κ1) is 16.5. The Hall–Kier alpha value is -1.98. The summed E-state index contributed by atoms with van der Waals surface area (Å²) in [6.07, 6.45) is 2.76. The van der Waals surface area contributed by atoms with Crippen molar-refractivity contribution in [2.24, 2.45) is 5.41 Å². The Bertz CT molecular complexity index is 831. The number of nitrogens with zero attached hydrogens (tertiary/aromatic N) is 2. The molecule has 3 nitrogen and oxygen atoms in total. The predicted molar refractivity (Wildman–Crippen MR) is 101 cm³/mol. The molecule has 0 amide bonds. The zero-order valence-corrected chi connectivity index (χ0v) is 14.8. The summed E-state index contributed by atoms with van der Waals surface area (Å²) in [5.41, 5.74) is 1.90. The van der Waals surface area contributed by atoms with Crippen LogP contribution in [0.25, 0.3) is 10.2 Å². The molecule has 2 heterocycles. The van der Waals surface area contributed by atoms with E-state index in [-0.39, 0.29) is 17.8 Å². The van der Waals surface area contributed by atoms with Crippen molar-refractivity contribution in [3.8, 4) is 0 Å². The summed E-state index contributed by atoms with van der Waals surface area (Å²) in [6, 6.07) is 14.8. The Morgan fingerprint density at radius 2 is 1.96 bits per heavy atom. The third kappa shape index (κ3) is 3.39. The maximum absolute atomic E-state index is 13.2. The van der Waals surface area contributed by atoms with E-state index >= 15 is 0 Å². The van der Waals surface area contributed by atoms with Crippen LogP contribution in [0.3, 0.4) is 0 Å². The van der Waals surface area contributed by atoms with E-state index in [0.29, 0.717) is 0 Å². The zero-order chi connectivity index (χ0) is 17.3. The van der Waals surface area contributed by atoms with E-state index in [2.05, 4.69) is 11.0 Å². The summed E-state index contributed by atoms with van der Waals surface area (Å²) in [5.74, 6) is -0.221. The lowest BCUT2D eigenvalue weighted by atomic mass is 9.76. The number of aromatic nitrogens is 1. The fourth-order valence-electron chi connectivity index (χ4n) is 3.73. The first-order chi connectivity index (χ1) is 12.2. The van der Waals surface area contributed by atoms with Crippen LogP contribution in [0.5, 0.6) is 0 Å². The van der Waals surface area contributed by atoms with Crippen molar-refractivity contribution >= 4 is 26.7 Å². The van der Waals surface area contributed by atoms with E-state index in [4.69, 9.17) is 4.98 Å². The van der Waals surface area contributed by atoms with Crippen molar-refractivity contribution in [1.82, 2.24) is 4.98 Å². The molecular weight excluding hydrogens is 335 g/mol. The topological polar surface area (TPSA) is 36.4 Å². The van der Waals surface area contributed by atoms with Gasteiger partial charge in [0.05, 0.1) is 16.8 Å². The molecule has 130 valence electrons. The van der Waals surface area contributed by atoms with Crippen molar-refractivity contribution < 1.29 is 9.50 Å². The summed E-state index contributed by atoms with van der Waals surface area (Å²) in [6.45, 7) is 1.87. The number of thiazole rings is 1. The average molecular weight is 356 g/mol. The summed E-state index contributed by atoms with van der Waals surface area (Å²) in [4.78, 5) is 7.07. The minimum atomic E-state index is -0.221. The van der Waals surface area contributed by atoms with Crippen molar-refractivity contribution in [1.29, 1.82) is 0 Å². The highest BCUT2D eigenvalue weighted by atomic mass is 32.1. The molecule has 0 radical (unpaired) electrons. The molecule has 0 bridgehead atoms. The summed E-state index contributed by atoms with van der Waals surface area (Å²) < 4.78 is 14.4. The van der Waals surface area contributed by atoms with E-state index in [1.54, 1.807) is 11.3 Å². The van der Waals surface area contributed by atoms with Crippen LogP contribution < -0.4 is 4.90 Å². The molecule has 2 aromatic carbocycles. The highest BCUT2D eigenvalue weighted by Gasteiger charge is 2.36. The van der Waals surface area contributed by atoms with Gasteiger partial charge in [-0.25, -0.2) is 9.37 Å². The standard InChI is InChI=1S/C20H21FN2OS/c21-16-8-6-15(7-9-16)12-20(14-24)10-3-11-23(13-20)19-22-17-4-1-2-5-18(17)25-19/h1-2,4-9,24H,3,10-14H2/t20-/m0/s1. The Labute approximate surface area is 150 Å². The van der Waals surface area contributed by atoms with E-state index in [9.17, 15) is 9.50 Å². The Balaban J connectivity index is 1.58. The minimum Gasteiger partial charge on any atom is -0.396 e. The van der Waals surface area contributed by atoms with E-state index in [1.807, 2.05) is 30.3 Å². The van der Waals surface area contributed by atoms with Gasteiger partial charge in [0.25, 0.3) is 0 Å². The van der Waals surface area contributed by atoms with Gasteiger partial charge >= 0.3 is 0 Å². The average Bonchev–Trinajstić information content (AvgIpc) is 3.08. The number of aliphatic hydroxyl groups excluding tert-OH is 1. The molecule has 1 saturated heterocycles. The fourth-order valence-corrected chi connectivity index (χ4v) is 4.72. The van der Waals surface area contributed by atoms with Gasteiger partial charge in [-0.15, -0.1) is 0 Å². The molecule has 1 aromatic heterocycles. The number of benzene rings is 2. The maximum atomic E-state index is 13.2. The van der Waals surface area contributed by atoms with Crippen LogP contribution in [0, 0.1) is 11.2 Å². The zero-order valence-electron chi connectivity index (χ0n) is 14.0. The molecule has 1 N–H and O–H groups in total. The van der Waals surface area contributed by atoms with Gasteiger partial charge in [-0.05, 0) is 49.1 Å². The number of para-hydroxylation sites is 1. The molecule has 3 aromatic rings. The van der Waals surface area contributed by atoms with Gasteiger partial charge in [-0.2, -0.15) is 0 Å². The molecule has 1 aliphatic rings. The Kier molecular flexibility index (Phi) is 4.44. The number of aliphatic hydroxyl groups is 1. The largest absolute Gasteiger partial charge is 0.396 e. The van der Waals surface area contributed by atoms with Crippen molar-refractivity contribution in [2.75, 3.05) is 24.6 Å². The second-order valence-corrected chi connectivity index (χ2v) is 7.96. The molecule has 4 rings (SSSR count). The number of hydrogen-bond donors (Lipinski definition) is 1. The number of anilines is 1. The molecule has 1 atom stereocenters. The first-order valence-electron chi connectivity index (χ1n) is 8.63. The van der Waals surface area contributed by atoms with Crippen LogP contribution in [-0.4, -0.2) is 29.8 Å². The van der Waals surface area contributed by atoms with Gasteiger partial charge in [0, 0.05) is 18.5 Å². The van der Waals surface area contributed by atoms with Gasteiger partial charge < -0.3 is 10.0 Å². The first-order valence-corrected chi connectivity index (χ1v) is 9.45. The van der Waals surface area contributed by atoms with Gasteiger partial charge in [0.1, 0.15) is 5.82 Å². The predicted octanol–water partition coefficient (Wildman–Crippen LogP) is 4.26. The van der Waals surface area contributed by atoms with E-state index < -0.39 is 0 Å². The SMILES string of the molecule is OC[C@]1(Cc2ccc(F)cc2)CCCN(c2nc3ccccc3s2)C1. The number of rotatable bonds is 4. The molecule has 25 heavy (non-hydrogen) atoms. The molecule has 1 fully saturated rings. The van der Waals surface area contributed by atoms with Crippen LogP contribution in [0.15, 0.2) is 48.5 Å². The minimum absolute atomic E-state index is 0.131. The van der Waals surface area contributed by atoms with Crippen LogP contribution in [-0.2, 0) is 6.42 Å². The fraction of sp³-hybridized carbons (Fsp3) is 0.350. The Morgan fingerprint density at radius 3 is 2.72 bits per heavy atom. The summed E-state index contributed by atoms with van der Waals surface area (Å²) in [7, 11) is 0. The smallest absolute Gasteiger partial charge is 0.186 e. The van der Waals surface area contributed by atoms with Gasteiger partial charge in [-0.1, -0.05) is 35.6 Å². The van der Waals surface area contributed by atoms with E-state index in [1.165, 1.54) is 16.8 Å². The quantitative estimate of drug-likeness (QED) is 0.759. The maximum Gasteiger partial charge on any atom is 0.186 e. The lowest BCUT2D eigenvalue weighted by Gasteiger charge is -2.42. The van der Waals surface area contributed by atoms with E-state index in [0.717, 1.165) is 48.6 Å². The van der Waals surface area contributed by atoms with Crippen molar-refractivity contribution in [2.45, 2.75) is 19.3 Å². The highest BCUT2D eigenvalue weighted by molar-refractivity contribution is 7.22. The number of hydrogen-bond acceptors (Lipinski definition) is 4. The lowest BCUT2D eigenvalue weighted by molar-refractivity contribution is 0.105. The number of piperidine rings is 1. The molecule has 5 heteroatoms. The summed E-state index contributed by atoms with van der Waals surface area (Å²) >= 11 is 1.71. The van der Waals surface area contributed by atoms with Gasteiger partial charge in [-0.3, -0.25) is 0 Å². The Morgan fingerprint density at radius 1 is 1.16 bits per heavy atom. The van der Waals surface area contributed by atoms with Crippen LogP contribution in [0.2, 0.25) is 0 Å². The monoisotopic (exact) mass is 356 g/mol. The van der Waals surface area contributed by atoms with Crippen LogP contribution >= 0.6 is 11.3 Å². The third-order valence-corrected chi connectivity index (χ3v) is 6.14. The lowest BCUT2D eigenvalue weighted by Crippen LogP contribution is -2.46. The number of halogens is 1. The van der Waals surface area contributed by atoms with Crippen LogP contribution in [0.1, 0.15) is 18.4 Å². The number of fused-ring (bicyclic) bond motifs is 1. The summed E-state index contributed by atoms with van der Waals surface area (Å²) in [5, 5.41) is 11.2. The highest BCUT2D eigenvalue weighted by Crippen LogP contribution is 2.38.